The third kappa shape index (κ3) is 2.48. The van der Waals surface area contributed by atoms with Crippen molar-refractivity contribution in [2.24, 2.45) is 0 Å². The first-order valence-corrected chi connectivity index (χ1v) is 1.79. The molecule has 0 aliphatic carbocycles. The van der Waals surface area contributed by atoms with Crippen LogP contribution in [0.4, 0.5) is 13.2 Å². The maximum atomic E-state index is 11.4. The Kier molecular flexibility index (Phi) is 2.79. The van der Waals surface area contributed by atoms with Gasteiger partial charge in [-0.25, -0.2) is 4.39 Å². The minimum atomic E-state index is -2.19. The summed E-state index contributed by atoms with van der Waals surface area (Å²) >= 11 is 0. The van der Waals surface area contributed by atoms with Crippen molar-refractivity contribution in [3.8, 4) is 0 Å². The molecular weight excluding hydrogens is 105 g/mol. The summed E-state index contributed by atoms with van der Waals surface area (Å²) in [6.45, 7) is 2.93. The van der Waals surface area contributed by atoms with Crippen LogP contribution in [0.25, 0.3) is 0 Å². The molecule has 0 aromatic rings. The van der Waals surface area contributed by atoms with Crippen LogP contribution in [0.15, 0.2) is 0 Å². The standard InChI is InChI=1S/C4H5F3/c1-2-3(5)4(6)7/h3H,1-2H2. The lowest BCUT2D eigenvalue weighted by atomic mass is 10.3. The number of halogens is 3. The van der Waals surface area contributed by atoms with Gasteiger partial charge < -0.3 is 0 Å². The number of hydrogen-bond acceptors (Lipinski definition) is 0. The molecule has 0 nitrogen and oxygen atoms in total. The molecule has 0 aromatic carbocycles. The zero-order valence-electron chi connectivity index (χ0n) is 3.63. The van der Waals surface area contributed by atoms with E-state index in [1.807, 2.05) is 0 Å². The van der Waals surface area contributed by atoms with Crippen LogP contribution in [-0.2, 0) is 0 Å². The van der Waals surface area contributed by atoms with Crippen molar-refractivity contribution >= 4 is 0 Å². The van der Waals surface area contributed by atoms with E-state index in [1.54, 1.807) is 0 Å². The Morgan fingerprint density at radius 2 is 2.00 bits per heavy atom. The molecule has 0 aliphatic heterocycles. The average molecular weight is 110 g/mol. The van der Waals surface area contributed by atoms with Gasteiger partial charge in [0.15, 0.2) is 6.17 Å². The van der Waals surface area contributed by atoms with Gasteiger partial charge >= 0.3 is 6.43 Å². The second-order valence-electron chi connectivity index (χ2n) is 1.05. The van der Waals surface area contributed by atoms with Gasteiger partial charge in [0.1, 0.15) is 0 Å². The normalized spacial score (nSPS) is 15.0. The summed E-state index contributed by atoms with van der Waals surface area (Å²) in [4.78, 5) is 0. The number of hydrogen-bond donors (Lipinski definition) is 0. The van der Waals surface area contributed by atoms with Crippen molar-refractivity contribution < 1.29 is 13.2 Å². The minimum absolute atomic E-state index is 0.387. The largest absolute Gasteiger partial charge is 0.343 e. The highest BCUT2D eigenvalue weighted by atomic mass is 19.3. The lowest BCUT2D eigenvalue weighted by Gasteiger charge is -1.96. The second kappa shape index (κ2) is 2.88. The molecule has 0 amide bonds. The van der Waals surface area contributed by atoms with Crippen molar-refractivity contribution in [2.75, 3.05) is 0 Å². The summed E-state index contributed by atoms with van der Waals surface area (Å²) in [7, 11) is 0. The fraction of sp³-hybridized carbons (Fsp3) is 0.500. The smallest absolute Gasteiger partial charge is 0.241 e. The molecule has 0 aliphatic rings. The second-order valence-corrected chi connectivity index (χ2v) is 1.05. The summed E-state index contributed by atoms with van der Waals surface area (Å²) in [6, 6.07) is 0. The minimum Gasteiger partial charge on any atom is -0.241 e. The zero-order valence-corrected chi connectivity index (χ0v) is 3.63. The molecule has 0 heterocycles. The Hall–Kier alpha value is -0.210. The van der Waals surface area contributed by atoms with Crippen molar-refractivity contribution in [1.82, 2.24) is 0 Å². The third-order valence-corrected chi connectivity index (χ3v) is 0.490. The fourth-order valence-electron chi connectivity index (χ4n) is 0.109. The van der Waals surface area contributed by atoms with Gasteiger partial charge in [0.25, 0.3) is 0 Å². The van der Waals surface area contributed by atoms with Crippen LogP contribution in [0.1, 0.15) is 6.42 Å². The van der Waals surface area contributed by atoms with Gasteiger partial charge in [0.2, 0.25) is 0 Å². The maximum absolute atomic E-state index is 11.4. The predicted octanol–water partition coefficient (Wildman–Crippen LogP) is 1.98. The monoisotopic (exact) mass is 110 g/mol. The lowest BCUT2D eigenvalue weighted by Crippen LogP contribution is -2.01. The third-order valence-electron chi connectivity index (χ3n) is 0.490. The van der Waals surface area contributed by atoms with E-state index < -0.39 is 12.6 Å². The first kappa shape index (κ1) is 6.79. The molecule has 0 bridgehead atoms. The predicted molar refractivity (Wildman–Crippen MR) is 20.3 cm³/mol. The summed E-state index contributed by atoms with van der Waals surface area (Å²) in [6.07, 6.45) is -4.70. The quantitative estimate of drug-likeness (QED) is 0.509. The highest BCUT2D eigenvalue weighted by Crippen LogP contribution is 2.15. The van der Waals surface area contributed by atoms with Crippen LogP contribution >= 0.6 is 0 Å². The molecular formula is C4H5F3. The highest BCUT2D eigenvalue weighted by Gasteiger charge is 2.18. The Morgan fingerprint density at radius 3 is 2.00 bits per heavy atom. The molecule has 1 unspecified atom stereocenters. The van der Waals surface area contributed by atoms with Crippen LogP contribution in [0, 0.1) is 13.3 Å². The van der Waals surface area contributed by atoms with E-state index in [4.69, 9.17) is 0 Å². The lowest BCUT2D eigenvalue weighted by molar-refractivity contribution is 0.160. The summed E-state index contributed by atoms with van der Waals surface area (Å²) < 4.78 is 33.3. The fourth-order valence-corrected chi connectivity index (χ4v) is 0.109. The van der Waals surface area contributed by atoms with Crippen LogP contribution in [0.2, 0.25) is 0 Å². The van der Waals surface area contributed by atoms with Crippen LogP contribution < -0.4 is 0 Å². The number of alkyl halides is 1. The van der Waals surface area contributed by atoms with Crippen LogP contribution in [-0.4, -0.2) is 6.17 Å². The molecule has 0 N–H and O–H groups in total. The molecule has 42 valence electrons. The Balaban J connectivity index is 3.14. The summed E-state index contributed by atoms with van der Waals surface area (Å²) in [5.74, 6) is 0. The SMILES string of the molecule is [CH2]CC(F)[C](F)F. The molecule has 0 fully saturated rings. The van der Waals surface area contributed by atoms with Gasteiger partial charge in [0, 0.05) is 0 Å². The van der Waals surface area contributed by atoms with E-state index in [-0.39, 0.29) is 6.42 Å². The maximum Gasteiger partial charge on any atom is 0.343 e. The number of rotatable bonds is 2. The van der Waals surface area contributed by atoms with E-state index in [9.17, 15) is 13.2 Å². The van der Waals surface area contributed by atoms with Gasteiger partial charge in [0.05, 0.1) is 0 Å². The van der Waals surface area contributed by atoms with Gasteiger partial charge in [-0.3, -0.25) is 0 Å². The zero-order chi connectivity index (χ0) is 5.86. The van der Waals surface area contributed by atoms with Gasteiger partial charge in [-0.05, 0) is 6.42 Å². The summed E-state index contributed by atoms with van der Waals surface area (Å²) in [5.41, 5.74) is 0. The Morgan fingerprint density at radius 1 is 1.57 bits per heavy atom. The van der Waals surface area contributed by atoms with E-state index in [0.29, 0.717) is 0 Å². The van der Waals surface area contributed by atoms with E-state index in [2.05, 4.69) is 6.92 Å². The van der Waals surface area contributed by atoms with E-state index in [0.717, 1.165) is 0 Å². The average Bonchev–Trinajstić information content (AvgIpc) is 1.65. The molecule has 1 atom stereocenters. The summed E-state index contributed by atoms with van der Waals surface area (Å²) in [5, 5.41) is 0. The molecule has 0 rings (SSSR count). The van der Waals surface area contributed by atoms with Gasteiger partial charge in [-0.2, -0.15) is 8.78 Å². The van der Waals surface area contributed by atoms with E-state index in [1.165, 1.54) is 0 Å². The Bertz CT molecular complexity index is 44.2. The van der Waals surface area contributed by atoms with Crippen molar-refractivity contribution in [3.05, 3.63) is 13.3 Å². The first-order valence-electron chi connectivity index (χ1n) is 1.79. The molecule has 0 spiro atoms. The van der Waals surface area contributed by atoms with Crippen LogP contribution in [0.3, 0.4) is 0 Å². The molecule has 3 heteroatoms. The topological polar surface area (TPSA) is 0 Å². The first-order chi connectivity index (χ1) is 3.18. The van der Waals surface area contributed by atoms with Crippen molar-refractivity contribution in [2.45, 2.75) is 12.6 Å². The molecule has 7 heavy (non-hydrogen) atoms. The molecule has 0 saturated heterocycles. The molecule has 0 saturated carbocycles. The van der Waals surface area contributed by atoms with Gasteiger partial charge in [-0.15, -0.1) is 0 Å². The molecule has 0 aromatic heterocycles. The molecule has 2 radical (unpaired) electrons. The van der Waals surface area contributed by atoms with Gasteiger partial charge in [-0.1, -0.05) is 6.92 Å². The van der Waals surface area contributed by atoms with Crippen molar-refractivity contribution in [1.29, 1.82) is 0 Å². The van der Waals surface area contributed by atoms with Crippen LogP contribution in [0.5, 0.6) is 0 Å². The van der Waals surface area contributed by atoms with Crippen molar-refractivity contribution in [3.63, 3.8) is 0 Å². The van der Waals surface area contributed by atoms with E-state index >= 15 is 0 Å². The Labute approximate surface area is 40.3 Å². The highest BCUT2D eigenvalue weighted by molar-refractivity contribution is 4.73.